The molecule has 2 aromatic rings. The van der Waals surface area contributed by atoms with Gasteiger partial charge in [-0.05, 0) is 24.3 Å². The molecule has 2 N–H and O–H groups in total. The Balaban J connectivity index is 1.68. The van der Waals surface area contributed by atoms with Crippen molar-refractivity contribution in [1.82, 2.24) is 14.9 Å². The average molecular weight is 288 g/mol. The topological polar surface area (TPSA) is 72.1 Å². The van der Waals surface area contributed by atoms with Crippen LogP contribution in [-0.4, -0.2) is 27.3 Å². The van der Waals surface area contributed by atoms with E-state index in [4.69, 9.17) is 5.73 Å². The maximum Gasteiger partial charge on any atom is 0.226 e. The first kappa shape index (κ1) is 12.1. The summed E-state index contributed by atoms with van der Waals surface area (Å²) in [7, 11) is 0. The third-order valence-corrected chi connectivity index (χ3v) is 5.53. The summed E-state index contributed by atoms with van der Waals surface area (Å²) in [6, 6.07) is 0. The Morgan fingerprint density at radius 1 is 1.50 bits per heavy atom. The van der Waals surface area contributed by atoms with E-state index in [2.05, 4.69) is 16.9 Å². The number of nitrogens with zero attached hydrogens (tertiary/aromatic N) is 3. The molecule has 1 aliphatic carbocycles. The van der Waals surface area contributed by atoms with Gasteiger partial charge in [0.1, 0.15) is 17.0 Å². The van der Waals surface area contributed by atoms with E-state index in [1.807, 2.05) is 4.90 Å². The van der Waals surface area contributed by atoms with Gasteiger partial charge in [0.05, 0.1) is 11.9 Å². The number of hydrogen-bond acceptors (Lipinski definition) is 5. The molecule has 1 aliphatic heterocycles. The molecule has 3 heterocycles. The molecule has 0 bridgehead atoms. The van der Waals surface area contributed by atoms with Gasteiger partial charge >= 0.3 is 0 Å². The van der Waals surface area contributed by atoms with E-state index in [-0.39, 0.29) is 5.92 Å². The van der Waals surface area contributed by atoms with Crippen molar-refractivity contribution < 1.29 is 4.79 Å². The summed E-state index contributed by atoms with van der Waals surface area (Å²) < 4.78 is 0. The molecular weight excluding hydrogens is 272 g/mol. The highest BCUT2D eigenvalue weighted by Gasteiger charge is 2.42. The number of thiophene rings is 1. The summed E-state index contributed by atoms with van der Waals surface area (Å²) in [5.74, 6) is 1.70. The van der Waals surface area contributed by atoms with E-state index < -0.39 is 0 Å². The number of amides is 1. The van der Waals surface area contributed by atoms with Gasteiger partial charge in [-0.2, -0.15) is 0 Å². The van der Waals surface area contributed by atoms with Crippen LogP contribution in [0.15, 0.2) is 6.33 Å². The molecule has 4 rings (SSSR count). The fourth-order valence-electron chi connectivity index (χ4n) is 3.04. The predicted octanol–water partition coefficient (Wildman–Crippen LogP) is 1.81. The number of nitrogens with two attached hydrogens (primary N) is 1. The van der Waals surface area contributed by atoms with Gasteiger partial charge < -0.3 is 10.6 Å². The standard InChI is InChI=1S/C14H16N4OS/c1-7-4-9(7)14(19)18-3-2-8-10(5-18)20-13-11(8)12(15)16-6-17-13/h6-7,9H,2-5H2,1H3,(H2,15,16,17). The maximum absolute atomic E-state index is 12.3. The van der Waals surface area contributed by atoms with Crippen molar-refractivity contribution in [1.29, 1.82) is 0 Å². The summed E-state index contributed by atoms with van der Waals surface area (Å²) in [6.07, 6.45) is 3.42. The Hall–Kier alpha value is -1.69. The number of carbonyl (C=O) groups excluding carboxylic acids is 1. The van der Waals surface area contributed by atoms with Crippen molar-refractivity contribution in [3.8, 4) is 0 Å². The number of carbonyl (C=O) groups is 1. The second kappa shape index (κ2) is 4.15. The lowest BCUT2D eigenvalue weighted by atomic mass is 10.0. The van der Waals surface area contributed by atoms with E-state index in [9.17, 15) is 4.79 Å². The summed E-state index contributed by atoms with van der Waals surface area (Å²) in [5, 5.41) is 0.999. The molecule has 104 valence electrons. The van der Waals surface area contributed by atoms with Crippen molar-refractivity contribution in [2.45, 2.75) is 26.3 Å². The zero-order valence-electron chi connectivity index (χ0n) is 11.3. The molecule has 0 aromatic carbocycles. The highest BCUT2D eigenvalue weighted by Crippen LogP contribution is 2.41. The van der Waals surface area contributed by atoms with E-state index in [1.165, 1.54) is 16.8 Å². The second-order valence-corrected chi connectivity index (χ2v) is 6.86. The molecule has 0 radical (unpaired) electrons. The lowest BCUT2D eigenvalue weighted by Crippen LogP contribution is -2.36. The van der Waals surface area contributed by atoms with Gasteiger partial charge in [0.15, 0.2) is 0 Å². The molecule has 1 saturated carbocycles. The third kappa shape index (κ3) is 1.71. The molecule has 0 spiro atoms. The molecule has 6 heteroatoms. The zero-order valence-corrected chi connectivity index (χ0v) is 12.1. The van der Waals surface area contributed by atoms with Crippen molar-refractivity contribution in [2.75, 3.05) is 12.3 Å². The fourth-order valence-corrected chi connectivity index (χ4v) is 4.25. The van der Waals surface area contributed by atoms with E-state index in [0.29, 0.717) is 24.2 Å². The molecule has 2 unspecified atom stereocenters. The van der Waals surface area contributed by atoms with Gasteiger partial charge in [-0.25, -0.2) is 9.97 Å². The molecule has 1 amide bonds. The number of anilines is 1. The van der Waals surface area contributed by atoms with Crippen molar-refractivity contribution in [3.05, 3.63) is 16.8 Å². The minimum Gasteiger partial charge on any atom is -0.383 e. The summed E-state index contributed by atoms with van der Waals surface area (Å²) >= 11 is 1.64. The van der Waals surface area contributed by atoms with Gasteiger partial charge in [0.2, 0.25) is 5.91 Å². The Labute approximate surface area is 120 Å². The second-order valence-electron chi connectivity index (χ2n) is 5.77. The summed E-state index contributed by atoms with van der Waals surface area (Å²) in [6.45, 7) is 3.64. The van der Waals surface area contributed by atoms with E-state index in [0.717, 1.165) is 29.6 Å². The number of hydrogen-bond donors (Lipinski definition) is 1. The highest BCUT2D eigenvalue weighted by molar-refractivity contribution is 7.19. The fraction of sp³-hybridized carbons (Fsp3) is 0.500. The summed E-state index contributed by atoms with van der Waals surface area (Å²) in [4.78, 5) is 24.9. The summed E-state index contributed by atoms with van der Waals surface area (Å²) in [5.41, 5.74) is 7.22. The Morgan fingerprint density at radius 2 is 2.30 bits per heavy atom. The SMILES string of the molecule is CC1CC1C(=O)N1CCc2c(sc3ncnc(N)c23)C1. The first-order chi connectivity index (χ1) is 9.65. The van der Waals surface area contributed by atoms with Crippen molar-refractivity contribution >= 4 is 33.3 Å². The van der Waals surface area contributed by atoms with Gasteiger partial charge in [-0.1, -0.05) is 6.92 Å². The van der Waals surface area contributed by atoms with Gasteiger partial charge in [0, 0.05) is 17.3 Å². The number of fused-ring (bicyclic) bond motifs is 3. The smallest absolute Gasteiger partial charge is 0.226 e. The molecule has 5 nitrogen and oxygen atoms in total. The maximum atomic E-state index is 12.3. The van der Waals surface area contributed by atoms with Crippen LogP contribution < -0.4 is 5.73 Å². The minimum absolute atomic E-state index is 0.260. The zero-order chi connectivity index (χ0) is 13.9. The van der Waals surface area contributed by atoms with Crippen LogP contribution in [0.5, 0.6) is 0 Å². The lowest BCUT2D eigenvalue weighted by Gasteiger charge is -2.27. The van der Waals surface area contributed by atoms with Crippen LogP contribution >= 0.6 is 11.3 Å². The van der Waals surface area contributed by atoms with Crippen molar-refractivity contribution in [3.63, 3.8) is 0 Å². The number of aromatic nitrogens is 2. The van der Waals surface area contributed by atoms with Crippen LogP contribution in [-0.2, 0) is 17.8 Å². The molecular formula is C14H16N4OS. The van der Waals surface area contributed by atoms with Gasteiger partial charge in [-0.3, -0.25) is 4.79 Å². The van der Waals surface area contributed by atoms with Gasteiger partial charge in [-0.15, -0.1) is 11.3 Å². The molecule has 1 fully saturated rings. The minimum atomic E-state index is 0.260. The Kier molecular flexibility index (Phi) is 2.51. The van der Waals surface area contributed by atoms with E-state index in [1.54, 1.807) is 11.3 Å². The van der Waals surface area contributed by atoms with Crippen molar-refractivity contribution in [2.24, 2.45) is 11.8 Å². The number of rotatable bonds is 1. The first-order valence-electron chi connectivity index (χ1n) is 6.94. The molecule has 2 atom stereocenters. The van der Waals surface area contributed by atoms with Crippen LogP contribution in [0.4, 0.5) is 5.82 Å². The molecule has 20 heavy (non-hydrogen) atoms. The average Bonchev–Trinajstić information content (AvgIpc) is 3.04. The molecule has 0 saturated heterocycles. The number of nitrogen functional groups attached to an aromatic ring is 1. The highest BCUT2D eigenvalue weighted by atomic mass is 32.1. The first-order valence-corrected chi connectivity index (χ1v) is 7.76. The molecule has 2 aromatic heterocycles. The largest absolute Gasteiger partial charge is 0.383 e. The third-order valence-electron chi connectivity index (χ3n) is 4.40. The lowest BCUT2D eigenvalue weighted by molar-refractivity contribution is -0.133. The Bertz CT molecular complexity index is 711. The van der Waals surface area contributed by atoms with Crippen LogP contribution in [0.3, 0.4) is 0 Å². The van der Waals surface area contributed by atoms with Crippen LogP contribution in [0.25, 0.3) is 10.2 Å². The van der Waals surface area contributed by atoms with E-state index >= 15 is 0 Å². The Morgan fingerprint density at radius 3 is 3.05 bits per heavy atom. The van der Waals surface area contributed by atoms with Gasteiger partial charge in [0.25, 0.3) is 0 Å². The van der Waals surface area contributed by atoms with Crippen LogP contribution in [0, 0.1) is 11.8 Å². The predicted molar refractivity (Wildman–Crippen MR) is 78.2 cm³/mol. The quantitative estimate of drug-likeness (QED) is 0.868. The normalized spacial score (nSPS) is 24.8. The van der Waals surface area contributed by atoms with Crippen LogP contribution in [0.1, 0.15) is 23.8 Å². The van der Waals surface area contributed by atoms with Crippen LogP contribution in [0.2, 0.25) is 0 Å². The molecule has 2 aliphatic rings. The monoisotopic (exact) mass is 288 g/mol.